The quantitative estimate of drug-likeness (QED) is 0.562. The number of hydrogen-bond acceptors (Lipinski definition) is 5. The number of likely N-dealkylation sites (tertiary alicyclic amines) is 1. The van der Waals surface area contributed by atoms with E-state index in [0.29, 0.717) is 0 Å². The molecule has 0 aromatic heterocycles. The zero-order valence-corrected chi connectivity index (χ0v) is 14.7. The van der Waals surface area contributed by atoms with Gasteiger partial charge < -0.3 is 24.8 Å². The van der Waals surface area contributed by atoms with Crippen LogP contribution in [-0.2, 0) is 4.79 Å². The first kappa shape index (κ1) is 5.92. The molecule has 3 rings (SSSR count). The molecule has 0 spiro atoms. The second-order valence-electron chi connectivity index (χ2n) is 5.47. The largest absolute Gasteiger partial charge is 0.486 e. The summed E-state index contributed by atoms with van der Waals surface area (Å²) in [5.74, 6) is -3.45. The predicted molar refractivity (Wildman–Crippen MR) is 113 cm³/mol. The summed E-state index contributed by atoms with van der Waals surface area (Å²) in [6.45, 7) is -19.1. The molecule has 1 saturated heterocycles. The van der Waals surface area contributed by atoms with Gasteiger partial charge in [-0.1, -0.05) is 38.4 Å². The van der Waals surface area contributed by atoms with Gasteiger partial charge in [0.05, 0.1) is 11.5 Å². The highest BCUT2D eigenvalue weighted by Crippen LogP contribution is 2.33. The molecular formula is C23H36N2O4. The Labute approximate surface area is 212 Å². The van der Waals surface area contributed by atoms with Crippen LogP contribution in [0.3, 0.4) is 0 Å². The maximum absolute atomic E-state index is 13.7. The molecule has 162 valence electrons. The van der Waals surface area contributed by atoms with Crippen LogP contribution in [0.5, 0.6) is 11.5 Å². The molecule has 2 N–H and O–H groups in total. The Kier molecular flexibility index (Phi) is 2.33. The summed E-state index contributed by atoms with van der Waals surface area (Å²) in [4.78, 5) is 13.6. The number of fused-ring (bicyclic) bond motifs is 1. The Morgan fingerprint density at radius 1 is 1.24 bits per heavy atom. The number of carbonyl (C=O) groups excluding carboxylic acids is 1. The number of amides is 1. The molecule has 1 amide bonds. The van der Waals surface area contributed by atoms with Gasteiger partial charge in [0.25, 0.3) is 0 Å². The molecule has 0 aliphatic carbocycles. The van der Waals surface area contributed by atoms with E-state index in [1.165, 1.54) is 0 Å². The van der Waals surface area contributed by atoms with Crippen molar-refractivity contribution in [2.75, 3.05) is 32.7 Å². The predicted octanol–water partition coefficient (Wildman–Crippen LogP) is 3.43. The van der Waals surface area contributed by atoms with Crippen molar-refractivity contribution >= 4 is 5.91 Å². The number of aliphatic hydroxyl groups excluding tert-OH is 1. The molecule has 2 atom stereocenters. The molecule has 6 heteroatoms. The number of ether oxygens (including phenoxy) is 2. The smallest absolute Gasteiger partial charge is 0.220 e. The van der Waals surface area contributed by atoms with Crippen LogP contribution in [0.2, 0.25) is 0 Å². The van der Waals surface area contributed by atoms with Crippen molar-refractivity contribution in [3.05, 3.63) is 23.8 Å². The number of rotatable bonds is 11. The number of hydrogen-bond donors (Lipinski definition) is 2. The van der Waals surface area contributed by atoms with Gasteiger partial charge >= 0.3 is 0 Å². The van der Waals surface area contributed by atoms with Crippen molar-refractivity contribution in [2.45, 2.75) is 70.0 Å². The van der Waals surface area contributed by atoms with E-state index >= 15 is 0 Å². The normalized spacial score (nSPS) is 46.0. The van der Waals surface area contributed by atoms with Crippen LogP contribution in [0.1, 0.15) is 107 Å². The highest BCUT2D eigenvalue weighted by atomic mass is 16.6. The third kappa shape index (κ3) is 6.61. The summed E-state index contributed by atoms with van der Waals surface area (Å²) in [6, 6.07) is 0.121. The maximum Gasteiger partial charge on any atom is 0.220 e. The molecule has 0 bridgehead atoms. The maximum atomic E-state index is 13.7. The molecule has 0 unspecified atom stereocenters. The van der Waals surface area contributed by atoms with E-state index in [4.69, 9.17) is 46.5 Å². The molecular weight excluding hydrogens is 368 g/mol. The second kappa shape index (κ2) is 11.4. The first-order valence-electron chi connectivity index (χ1n) is 21.6. The van der Waals surface area contributed by atoms with Crippen LogP contribution in [0, 0.1) is 0 Å². The molecule has 2 aliphatic heterocycles. The number of benzene rings is 1. The Morgan fingerprint density at radius 2 is 2.00 bits per heavy atom. The first-order chi connectivity index (χ1) is 24.3. The van der Waals surface area contributed by atoms with Crippen molar-refractivity contribution in [3.63, 3.8) is 0 Å². The van der Waals surface area contributed by atoms with E-state index in [1.54, 1.807) is 5.32 Å². The lowest BCUT2D eigenvalue weighted by Crippen LogP contribution is -2.46. The van der Waals surface area contributed by atoms with Crippen LogP contribution < -0.4 is 14.8 Å². The number of nitrogens with zero attached hydrogens (tertiary/aromatic N) is 1. The summed E-state index contributed by atoms with van der Waals surface area (Å²) in [6.07, 6.45) is -37.0. The van der Waals surface area contributed by atoms with E-state index in [9.17, 15) is 9.90 Å². The third-order valence-corrected chi connectivity index (χ3v) is 3.62. The summed E-state index contributed by atoms with van der Waals surface area (Å²) >= 11 is 0. The topological polar surface area (TPSA) is 71.0 Å². The molecule has 0 saturated carbocycles. The molecule has 1 fully saturated rings. The minimum atomic E-state index is -4.67. The van der Waals surface area contributed by atoms with Crippen molar-refractivity contribution in [1.82, 2.24) is 10.2 Å². The Hall–Kier alpha value is -1.79. The highest BCUT2D eigenvalue weighted by molar-refractivity contribution is 5.76. The van der Waals surface area contributed by atoms with E-state index in [1.807, 2.05) is 0 Å². The molecule has 2 heterocycles. The van der Waals surface area contributed by atoms with Crippen molar-refractivity contribution < 1.29 is 56.4 Å². The van der Waals surface area contributed by atoms with E-state index in [2.05, 4.69) is 0 Å². The van der Waals surface area contributed by atoms with Gasteiger partial charge in [0, 0.05) is 44.4 Å². The van der Waals surface area contributed by atoms with Gasteiger partial charge in [0.2, 0.25) is 5.91 Å². The number of nitrogens with one attached hydrogen (secondary N) is 1. The minimum Gasteiger partial charge on any atom is -0.486 e. The molecule has 0 radical (unpaired) electrons. The number of carbonyl (C=O) groups is 1. The zero-order valence-electron chi connectivity index (χ0n) is 41.7. The molecule has 6 nitrogen and oxygen atoms in total. The molecule has 1 aromatic carbocycles. The highest BCUT2D eigenvalue weighted by Gasteiger charge is 2.27. The third-order valence-electron chi connectivity index (χ3n) is 3.62. The summed E-state index contributed by atoms with van der Waals surface area (Å²) in [5.41, 5.74) is -0.530. The van der Waals surface area contributed by atoms with Crippen LogP contribution in [-0.4, -0.2) is 54.6 Å². The van der Waals surface area contributed by atoms with E-state index < -0.39 is 126 Å². The van der Waals surface area contributed by atoms with Gasteiger partial charge in [-0.3, -0.25) is 4.79 Å². The fraction of sp³-hybridized carbons (Fsp3) is 0.696. The first-order valence-corrected chi connectivity index (χ1v) is 8.10. The van der Waals surface area contributed by atoms with Gasteiger partial charge in [0.15, 0.2) is 11.5 Å². The molecule has 29 heavy (non-hydrogen) atoms. The van der Waals surface area contributed by atoms with Crippen molar-refractivity contribution in [1.29, 1.82) is 0 Å². The van der Waals surface area contributed by atoms with E-state index in [-0.39, 0.29) is 4.90 Å². The Balaban J connectivity index is 2.18. The van der Waals surface area contributed by atoms with Crippen molar-refractivity contribution in [3.8, 4) is 11.5 Å². The standard InChI is InChI=1S/C23H36N2O4/c1-2-3-4-5-6-9-22(26)24-19(17-25-12-7-8-13-25)23(27)18-10-11-20-21(16-18)29-15-14-28-20/h10-11,16,19,23,27H,2-9,12-15,17H2,1H3,(H,24,26)/t19-,23-/m1/s1/i1D3,2D2,3D2,4D2,5D2,6D2,7D2,8D2,9D2,12D2,13D2,14D2,15D2. The van der Waals surface area contributed by atoms with Gasteiger partial charge in [0.1, 0.15) is 19.2 Å². The summed E-state index contributed by atoms with van der Waals surface area (Å²) in [7, 11) is 0. The lowest BCUT2D eigenvalue weighted by molar-refractivity contribution is -0.123. The number of aliphatic hydroxyl groups is 1. The Morgan fingerprint density at radius 3 is 2.79 bits per heavy atom. The van der Waals surface area contributed by atoms with Crippen molar-refractivity contribution in [2.24, 2.45) is 0 Å². The lowest BCUT2D eigenvalue weighted by atomic mass is 10.0. The SMILES string of the molecule is [2H]C([2H])([2H])C([2H])([2H])C([2H])([2H])C([2H])([2H])C([2H])([2H])C([2H])([2H])C([2H])([2H])C(=O)N[C@H](CN1C([2H])([2H])C([2H])([2H])C([2H])([2H])C1([2H])[2H])[C@H](O)c1ccc2c(c1)OC([2H])([2H])C([2H])([2H])O2. The zero-order chi connectivity index (χ0) is 44.5. The summed E-state index contributed by atoms with van der Waals surface area (Å²) in [5, 5.41) is 13.2. The van der Waals surface area contributed by atoms with Crippen LogP contribution >= 0.6 is 0 Å². The molecule has 2 aliphatic rings. The summed E-state index contributed by atoms with van der Waals surface area (Å²) < 4.78 is 226. The monoisotopic (exact) mass is 431 g/mol. The van der Waals surface area contributed by atoms with Crippen LogP contribution in [0.25, 0.3) is 0 Å². The fourth-order valence-corrected chi connectivity index (χ4v) is 2.37. The van der Waals surface area contributed by atoms with Gasteiger partial charge in [-0.25, -0.2) is 0 Å². The average molecular weight is 432 g/mol. The molecule has 1 aromatic rings. The Bertz CT molecular complexity index is 1660. The van der Waals surface area contributed by atoms with Crippen LogP contribution in [0.4, 0.5) is 0 Å². The van der Waals surface area contributed by atoms with Crippen LogP contribution in [0.15, 0.2) is 18.2 Å². The average Bonchev–Trinajstić information content (AvgIpc) is 3.07. The van der Waals surface area contributed by atoms with Gasteiger partial charge in [-0.15, -0.1) is 0 Å². The van der Waals surface area contributed by atoms with Gasteiger partial charge in [-0.05, 0) is 49.8 Å². The minimum absolute atomic E-state index is 0.146. The lowest BCUT2D eigenvalue weighted by Gasteiger charge is -2.29. The van der Waals surface area contributed by atoms with E-state index in [0.717, 1.165) is 18.2 Å². The second-order valence-corrected chi connectivity index (χ2v) is 5.47. The fourth-order valence-electron chi connectivity index (χ4n) is 2.37. The van der Waals surface area contributed by atoms with Gasteiger partial charge in [-0.2, -0.15) is 0 Å².